The lowest BCUT2D eigenvalue weighted by Gasteiger charge is -2.42. The first kappa shape index (κ1) is 45.9. The highest BCUT2D eigenvalue weighted by Gasteiger charge is 2.41. The number of aromatic amines is 1. The number of rotatable bonds is 11. The SMILES string of the molecule is COC(=O)NC(C(=O)N1CC(C2CC2)=CC1c1ncc(-c2ccc(-c3cc(Cl)c(NC(=O)c4ccc(N5CCN(C(=O)C(C)(C)C)CC5C)nc4)cc3OC(F)(F)F)cc2)[nH]1)C(C)C. The molecule has 4 heterocycles. The quantitative estimate of drug-likeness (QED) is 0.125. The minimum absolute atomic E-state index is 0.0275. The molecule has 1 saturated carbocycles. The molecule has 3 aliphatic rings. The van der Waals surface area contributed by atoms with Crippen LogP contribution in [0.4, 0.5) is 29.5 Å². The summed E-state index contributed by atoms with van der Waals surface area (Å²) < 4.78 is 50.7. The summed E-state index contributed by atoms with van der Waals surface area (Å²) in [6.07, 6.45) is 1.36. The van der Waals surface area contributed by atoms with Gasteiger partial charge in [-0.1, -0.05) is 76.6 Å². The zero-order chi connectivity index (χ0) is 46.2. The first-order chi connectivity index (χ1) is 30.2. The standard InChI is InChI=1S/C46H52ClF3N8O6/c1-25(2)39(55-44(62)63-7)42(60)58-24-31(27-8-9-27)18-36(58)40-52-22-35(53-40)29-12-10-28(11-13-29)32-19-33(47)34(20-37(32)64-46(48,49)50)54-41(59)30-14-15-38(51-21-30)57-17-16-56(23-26(57)3)43(61)45(4,5)6/h10-15,18-22,25-27,36,39H,8-9,16-17,23-24H2,1-7H3,(H,52,53)(H,54,59)(H,55,62). The summed E-state index contributed by atoms with van der Waals surface area (Å²) in [5.74, 6) is -0.113. The Morgan fingerprint density at radius 1 is 0.953 bits per heavy atom. The lowest BCUT2D eigenvalue weighted by atomic mass is 9.94. The van der Waals surface area contributed by atoms with Crippen LogP contribution >= 0.6 is 11.6 Å². The Balaban J connectivity index is 1.07. The predicted molar refractivity (Wildman–Crippen MR) is 236 cm³/mol. The Bertz CT molecular complexity index is 2430. The van der Waals surface area contributed by atoms with Crippen molar-refractivity contribution in [1.82, 2.24) is 30.1 Å². The van der Waals surface area contributed by atoms with Crippen molar-refractivity contribution in [1.29, 1.82) is 0 Å². The number of aromatic nitrogens is 3. The molecule has 14 nitrogen and oxygen atoms in total. The van der Waals surface area contributed by atoms with Gasteiger partial charge in [0.1, 0.15) is 29.5 Å². The molecule has 340 valence electrons. The van der Waals surface area contributed by atoms with Crippen molar-refractivity contribution in [2.75, 3.05) is 43.5 Å². The van der Waals surface area contributed by atoms with E-state index in [0.29, 0.717) is 60.6 Å². The number of ether oxygens (including phenoxy) is 2. The van der Waals surface area contributed by atoms with Gasteiger partial charge in [-0.05, 0) is 66.5 Å². The highest BCUT2D eigenvalue weighted by Crippen LogP contribution is 2.44. The summed E-state index contributed by atoms with van der Waals surface area (Å²) in [6, 6.07) is 10.8. The zero-order valence-corrected chi connectivity index (χ0v) is 37.4. The molecule has 64 heavy (non-hydrogen) atoms. The van der Waals surface area contributed by atoms with Crippen molar-refractivity contribution >= 4 is 46.9 Å². The van der Waals surface area contributed by atoms with Crippen LogP contribution in [-0.4, -0.2) is 100 Å². The van der Waals surface area contributed by atoms with E-state index in [9.17, 15) is 32.3 Å². The fourth-order valence-electron chi connectivity index (χ4n) is 8.07. The number of H-pyrrole nitrogens is 1. The number of nitrogens with zero attached hydrogens (tertiary/aromatic N) is 5. The van der Waals surface area contributed by atoms with Gasteiger partial charge >= 0.3 is 12.5 Å². The van der Waals surface area contributed by atoms with E-state index < -0.39 is 41.6 Å². The van der Waals surface area contributed by atoms with Crippen LogP contribution in [0.15, 0.2) is 72.6 Å². The monoisotopic (exact) mass is 904 g/mol. The number of pyridine rings is 1. The molecule has 0 radical (unpaired) electrons. The van der Waals surface area contributed by atoms with E-state index in [1.54, 1.807) is 47.5 Å². The maximum atomic E-state index is 13.9. The Labute approximate surface area is 374 Å². The molecule has 2 aromatic heterocycles. The van der Waals surface area contributed by atoms with Crippen LogP contribution in [0.2, 0.25) is 5.02 Å². The van der Waals surface area contributed by atoms with Gasteiger partial charge in [0.2, 0.25) is 11.8 Å². The number of hydrogen-bond donors (Lipinski definition) is 3. The van der Waals surface area contributed by atoms with E-state index in [0.717, 1.165) is 24.5 Å². The van der Waals surface area contributed by atoms with Gasteiger partial charge in [-0.3, -0.25) is 14.4 Å². The molecule has 4 amide bonds. The molecular weight excluding hydrogens is 853 g/mol. The second-order valence-electron chi connectivity index (χ2n) is 17.8. The Kier molecular flexibility index (Phi) is 13.0. The topological polar surface area (TPSA) is 162 Å². The smallest absolute Gasteiger partial charge is 0.453 e. The van der Waals surface area contributed by atoms with Gasteiger partial charge in [0.05, 0.1) is 35.3 Å². The van der Waals surface area contributed by atoms with Crippen molar-refractivity contribution in [3.8, 4) is 28.1 Å². The predicted octanol–water partition coefficient (Wildman–Crippen LogP) is 8.63. The van der Waals surface area contributed by atoms with E-state index >= 15 is 0 Å². The van der Waals surface area contributed by atoms with Crippen LogP contribution in [0.5, 0.6) is 5.75 Å². The number of carbonyl (C=O) groups excluding carboxylic acids is 4. The van der Waals surface area contributed by atoms with Crippen molar-refractivity contribution < 1.29 is 41.8 Å². The minimum Gasteiger partial charge on any atom is -0.453 e. The number of carbonyl (C=O) groups is 4. The van der Waals surface area contributed by atoms with Crippen molar-refractivity contribution in [3.63, 3.8) is 0 Å². The number of hydrogen-bond acceptors (Lipinski definition) is 9. The van der Waals surface area contributed by atoms with Gasteiger partial charge < -0.3 is 39.8 Å². The second kappa shape index (κ2) is 18.2. The normalized spacial score (nSPS) is 18.4. The highest BCUT2D eigenvalue weighted by atomic mass is 35.5. The van der Waals surface area contributed by atoms with Crippen molar-refractivity contribution in [2.45, 2.75) is 78.9 Å². The third-order valence-corrected chi connectivity index (χ3v) is 11.9. The molecule has 7 rings (SSSR count). The van der Waals surface area contributed by atoms with Crippen molar-refractivity contribution in [2.24, 2.45) is 17.3 Å². The maximum Gasteiger partial charge on any atom is 0.573 e. The molecule has 1 aliphatic carbocycles. The summed E-state index contributed by atoms with van der Waals surface area (Å²) in [5, 5.41) is 5.23. The number of anilines is 2. The third kappa shape index (κ3) is 10.3. The fourth-order valence-corrected chi connectivity index (χ4v) is 8.28. The summed E-state index contributed by atoms with van der Waals surface area (Å²) in [4.78, 5) is 70.2. The van der Waals surface area contributed by atoms with E-state index in [2.05, 4.69) is 35.2 Å². The van der Waals surface area contributed by atoms with Gasteiger partial charge in [-0.15, -0.1) is 13.2 Å². The average molecular weight is 905 g/mol. The molecule has 0 spiro atoms. The lowest BCUT2D eigenvalue weighted by Crippen LogP contribution is -2.56. The van der Waals surface area contributed by atoms with E-state index in [1.165, 1.54) is 19.4 Å². The largest absolute Gasteiger partial charge is 0.573 e. The molecule has 3 unspecified atom stereocenters. The van der Waals surface area contributed by atoms with E-state index in [4.69, 9.17) is 16.3 Å². The van der Waals surface area contributed by atoms with Gasteiger partial charge in [0, 0.05) is 55.5 Å². The number of piperazine rings is 1. The lowest BCUT2D eigenvalue weighted by molar-refractivity contribution is -0.274. The number of methoxy groups -OCH3 is 1. The Morgan fingerprint density at radius 3 is 2.25 bits per heavy atom. The van der Waals surface area contributed by atoms with E-state index in [1.807, 2.05) is 52.5 Å². The average Bonchev–Trinajstić information content (AvgIpc) is 3.81. The number of alkyl halides is 3. The fraction of sp³-hybridized carbons (Fsp3) is 0.435. The van der Waals surface area contributed by atoms with E-state index in [-0.39, 0.29) is 45.6 Å². The first-order valence-corrected chi connectivity index (χ1v) is 21.5. The second-order valence-corrected chi connectivity index (χ2v) is 18.2. The number of halogens is 4. The Hall–Kier alpha value is -6.10. The molecule has 18 heteroatoms. The molecule has 3 atom stereocenters. The molecule has 1 saturated heterocycles. The van der Waals surface area contributed by atoms with Gasteiger partial charge in [-0.2, -0.15) is 0 Å². The highest BCUT2D eigenvalue weighted by molar-refractivity contribution is 6.34. The molecule has 0 bridgehead atoms. The molecular formula is C46H52ClF3N8O6. The maximum absolute atomic E-state index is 13.9. The first-order valence-electron chi connectivity index (χ1n) is 21.1. The van der Waals surface area contributed by atoms with Crippen LogP contribution in [0, 0.1) is 17.3 Å². The van der Waals surface area contributed by atoms with Crippen LogP contribution in [-0.2, 0) is 14.3 Å². The zero-order valence-electron chi connectivity index (χ0n) is 36.7. The molecule has 2 fully saturated rings. The number of benzene rings is 2. The summed E-state index contributed by atoms with van der Waals surface area (Å²) in [6.45, 7) is 13.4. The molecule has 2 aliphatic heterocycles. The minimum atomic E-state index is -5.06. The van der Waals surface area contributed by atoms with Gasteiger partial charge in [0.15, 0.2) is 0 Å². The summed E-state index contributed by atoms with van der Waals surface area (Å²) >= 11 is 6.61. The number of nitrogens with one attached hydrogen (secondary N) is 3. The van der Waals surface area contributed by atoms with Crippen LogP contribution in [0.25, 0.3) is 22.4 Å². The van der Waals surface area contributed by atoms with Gasteiger partial charge in [0.25, 0.3) is 5.91 Å². The molecule has 3 N–H and O–H groups in total. The number of imidazole rings is 1. The third-order valence-electron chi connectivity index (χ3n) is 11.6. The number of amides is 4. The molecule has 2 aromatic carbocycles. The number of alkyl carbamates (subject to hydrolysis) is 1. The van der Waals surface area contributed by atoms with Crippen LogP contribution in [0.3, 0.4) is 0 Å². The van der Waals surface area contributed by atoms with Crippen LogP contribution in [0.1, 0.15) is 76.6 Å². The van der Waals surface area contributed by atoms with Crippen molar-refractivity contribution in [3.05, 3.63) is 89.0 Å². The van der Waals surface area contributed by atoms with Gasteiger partial charge in [-0.25, -0.2) is 14.8 Å². The van der Waals surface area contributed by atoms with Crippen LogP contribution < -0.4 is 20.3 Å². The molecule has 4 aromatic rings. The summed E-state index contributed by atoms with van der Waals surface area (Å²) in [7, 11) is 1.24. The summed E-state index contributed by atoms with van der Waals surface area (Å²) in [5.41, 5.74) is 2.33. The Morgan fingerprint density at radius 2 is 1.66 bits per heavy atom.